The maximum atomic E-state index is 13.0. The van der Waals surface area contributed by atoms with Gasteiger partial charge in [-0.05, 0) is 25.5 Å². The van der Waals surface area contributed by atoms with E-state index in [-0.39, 0.29) is 5.83 Å². The van der Waals surface area contributed by atoms with Gasteiger partial charge in [-0.2, -0.15) is 0 Å². The quantitative estimate of drug-likeness (QED) is 0.681. The minimum atomic E-state index is -0.0960. The molecular weight excluding hydrogens is 181 g/mol. The molecule has 1 aromatic rings. The van der Waals surface area contributed by atoms with E-state index in [0.29, 0.717) is 12.5 Å². The van der Waals surface area contributed by atoms with Crippen LogP contribution < -0.4 is 4.90 Å². The van der Waals surface area contributed by atoms with Crippen molar-refractivity contribution < 1.29 is 4.39 Å². The minimum absolute atomic E-state index is 0.0960. The van der Waals surface area contributed by atoms with Gasteiger partial charge in [-0.1, -0.05) is 0 Å². The Bertz CT molecular complexity index is 362. The lowest BCUT2D eigenvalue weighted by atomic mass is 10.2. The average molecular weight is 193 g/mol. The SMILES string of the molecule is Cc1ccnc(N2CCC=C(F)C2)n1. The number of rotatable bonds is 1. The molecule has 0 aromatic carbocycles. The van der Waals surface area contributed by atoms with Crippen LogP contribution in [0.25, 0.3) is 0 Å². The van der Waals surface area contributed by atoms with Crippen molar-refractivity contribution in [3.05, 3.63) is 29.9 Å². The summed E-state index contributed by atoms with van der Waals surface area (Å²) in [7, 11) is 0. The van der Waals surface area contributed by atoms with E-state index in [4.69, 9.17) is 0 Å². The number of nitrogens with zero attached hydrogens (tertiary/aromatic N) is 3. The molecular formula is C10H12FN3. The Balaban J connectivity index is 2.19. The molecule has 0 saturated heterocycles. The summed E-state index contributed by atoms with van der Waals surface area (Å²) in [6.45, 7) is 2.99. The molecule has 1 aromatic heterocycles. The van der Waals surface area contributed by atoms with Crippen molar-refractivity contribution in [2.24, 2.45) is 0 Å². The maximum Gasteiger partial charge on any atom is 0.225 e. The van der Waals surface area contributed by atoms with Gasteiger partial charge in [0.25, 0.3) is 0 Å². The zero-order chi connectivity index (χ0) is 9.97. The first-order valence-corrected chi connectivity index (χ1v) is 4.65. The molecule has 0 spiro atoms. The van der Waals surface area contributed by atoms with Crippen molar-refractivity contribution >= 4 is 5.95 Å². The summed E-state index contributed by atoms with van der Waals surface area (Å²) in [5.41, 5.74) is 0.907. The van der Waals surface area contributed by atoms with Crippen molar-refractivity contribution in [1.82, 2.24) is 9.97 Å². The third kappa shape index (κ3) is 1.89. The highest BCUT2D eigenvalue weighted by Crippen LogP contribution is 2.15. The Morgan fingerprint density at radius 2 is 2.36 bits per heavy atom. The van der Waals surface area contributed by atoms with Crippen LogP contribution in [-0.4, -0.2) is 23.1 Å². The molecule has 2 rings (SSSR count). The van der Waals surface area contributed by atoms with E-state index in [1.165, 1.54) is 0 Å². The fourth-order valence-corrected chi connectivity index (χ4v) is 1.46. The first-order chi connectivity index (χ1) is 6.75. The Morgan fingerprint density at radius 1 is 1.50 bits per heavy atom. The van der Waals surface area contributed by atoms with Crippen molar-refractivity contribution in [1.29, 1.82) is 0 Å². The molecule has 0 radical (unpaired) electrons. The number of aromatic nitrogens is 2. The largest absolute Gasteiger partial charge is 0.334 e. The standard InChI is InChI=1S/C10H12FN3/c1-8-4-5-12-10(13-8)14-6-2-3-9(11)7-14/h3-5H,2,6-7H2,1H3. The molecule has 0 bridgehead atoms. The summed E-state index contributed by atoms with van der Waals surface area (Å²) in [5, 5.41) is 0. The highest BCUT2D eigenvalue weighted by Gasteiger charge is 2.14. The summed E-state index contributed by atoms with van der Waals surface area (Å²) < 4.78 is 13.0. The fraction of sp³-hybridized carbons (Fsp3) is 0.400. The summed E-state index contributed by atoms with van der Waals surface area (Å²) in [6, 6.07) is 1.83. The van der Waals surface area contributed by atoms with Crippen LogP contribution in [-0.2, 0) is 0 Å². The van der Waals surface area contributed by atoms with Gasteiger partial charge in [0, 0.05) is 18.4 Å². The minimum Gasteiger partial charge on any atom is -0.334 e. The van der Waals surface area contributed by atoms with Gasteiger partial charge in [0.2, 0.25) is 5.95 Å². The van der Waals surface area contributed by atoms with Crippen molar-refractivity contribution in [3.63, 3.8) is 0 Å². The second kappa shape index (κ2) is 3.74. The molecule has 1 aliphatic rings. The number of anilines is 1. The van der Waals surface area contributed by atoms with Crippen LogP contribution in [0.15, 0.2) is 24.2 Å². The van der Waals surface area contributed by atoms with E-state index < -0.39 is 0 Å². The zero-order valence-corrected chi connectivity index (χ0v) is 8.07. The molecule has 3 nitrogen and oxygen atoms in total. The molecule has 0 atom stereocenters. The lowest BCUT2D eigenvalue weighted by Crippen LogP contribution is -2.30. The zero-order valence-electron chi connectivity index (χ0n) is 8.07. The Kier molecular flexibility index (Phi) is 2.43. The molecule has 0 aliphatic carbocycles. The predicted molar refractivity (Wildman–Crippen MR) is 52.8 cm³/mol. The Morgan fingerprint density at radius 3 is 3.07 bits per heavy atom. The van der Waals surface area contributed by atoms with Crippen LogP contribution in [0.3, 0.4) is 0 Å². The van der Waals surface area contributed by atoms with Crippen LogP contribution in [0.4, 0.5) is 10.3 Å². The Labute approximate surface area is 82.3 Å². The Hall–Kier alpha value is -1.45. The lowest BCUT2D eigenvalue weighted by molar-refractivity contribution is 0.570. The molecule has 0 unspecified atom stereocenters. The number of hydrogen-bond acceptors (Lipinski definition) is 3. The van der Waals surface area contributed by atoms with Gasteiger partial charge in [-0.25, -0.2) is 14.4 Å². The van der Waals surface area contributed by atoms with Crippen molar-refractivity contribution in [2.45, 2.75) is 13.3 Å². The molecule has 74 valence electrons. The molecule has 1 aliphatic heterocycles. The third-order valence-corrected chi connectivity index (χ3v) is 2.17. The molecule has 0 saturated carbocycles. The summed E-state index contributed by atoms with van der Waals surface area (Å²) in [4.78, 5) is 10.2. The lowest BCUT2D eigenvalue weighted by Gasteiger charge is -2.24. The van der Waals surface area contributed by atoms with Crippen LogP contribution >= 0.6 is 0 Å². The molecule has 0 fully saturated rings. The van der Waals surface area contributed by atoms with Crippen LogP contribution in [0.1, 0.15) is 12.1 Å². The van der Waals surface area contributed by atoms with Crippen molar-refractivity contribution in [3.8, 4) is 0 Å². The van der Waals surface area contributed by atoms with Crippen LogP contribution in [0.5, 0.6) is 0 Å². The maximum absolute atomic E-state index is 13.0. The van der Waals surface area contributed by atoms with Crippen molar-refractivity contribution in [2.75, 3.05) is 18.0 Å². The second-order valence-corrected chi connectivity index (χ2v) is 3.36. The number of aryl methyl sites for hydroxylation is 1. The van der Waals surface area contributed by atoms with Gasteiger partial charge in [0.1, 0.15) is 5.83 Å². The van der Waals surface area contributed by atoms with E-state index in [0.717, 1.165) is 18.7 Å². The molecule has 0 N–H and O–H groups in total. The molecule has 14 heavy (non-hydrogen) atoms. The molecule has 0 amide bonds. The highest BCUT2D eigenvalue weighted by atomic mass is 19.1. The predicted octanol–water partition coefficient (Wildman–Crippen LogP) is 1.85. The third-order valence-electron chi connectivity index (χ3n) is 2.17. The summed E-state index contributed by atoms with van der Waals surface area (Å²) in [6.07, 6.45) is 4.04. The monoisotopic (exact) mass is 193 g/mol. The van der Waals surface area contributed by atoms with E-state index in [1.54, 1.807) is 12.3 Å². The van der Waals surface area contributed by atoms with E-state index >= 15 is 0 Å². The fourth-order valence-electron chi connectivity index (χ4n) is 1.46. The van der Waals surface area contributed by atoms with Gasteiger partial charge >= 0.3 is 0 Å². The van der Waals surface area contributed by atoms with E-state index in [9.17, 15) is 4.39 Å². The molecule has 4 heteroatoms. The normalized spacial score (nSPS) is 16.7. The van der Waals surface area contributed by atoms with E-state index in [2.05, 4.69) is 9.97 Å². The topological polar surface area (TPSA) is 29.0 Å². The smallest absolute Gasteiger partial charge is 0.225 e. The van der Waals surface area contributed by atoms with Gasteiger partial charge in [0.05, 0.1) is 6.54 Å². The first-order valence-electron chi connectivity index (χ1n) is 4.65. The van der Waals surface area contributed by atoms with Gasteiger partial charge in [0.15, 0.2) is 0 Å². The summed E-state index contributed by atoms with van der Waals surface area (Å²) >= 11 is 0. The molecule has 2 heterocycles. The van der Waals surface area contributed by atoms with E-state index in [1.807, 2.05) is 17.9 Å². The van der Waals surface area contributed by atoms with Gasteiger partial charge < -0.3 is 4.90 Å². The van der Waals surface area contributed by atoms with Gasteiger partial charge in [-0.3, -0.25) is 0 Å². The van der Waals surface area contributed by atoms with Crippen LogP contribution in [0.2, 0.25) is 0 Å². The van der Waals surface area contributed by atoms with Crippen LogP contribution in [0, 0.1) is 6.92 Å². The van der Waals surface area contributed by atoms with Gasteiger partial charge in [-0.15, -0.1) is 0 Å². The first kappa shape index (κ1) is 9.12. The average Bonchev–Trinajstić information content (AvgIpc) is 2.18. The number of hydrogen-bond donors (Lipinski definition) is 0. The second-order valence-electron chi connectivity index (χ2n) is 3.36. The number of halogens is 1. The summed E-state index contributed by atoms with van der Waals surface area (Å²) in [5.74, 6) is 0.523. The highest BCUT2D eigenvalue weighted by molar-refractivity contribution is 5.33.